The van der Waals surface area contributed by atoms with Gasteiger partial charge < -0.3 is 10.6 Å². The van der Waals surface area contributed by atoms with Crippen molar-refractivity contribution in [2.45, 2.75) is 18.9 Å². The topological polar surface area (TPSA) is 47.9 Å². The number of nitrogens with one attached hydrogen (secondary N) is 2. The number of halogens is 1. The van der Waals surface area contributed by atoms with Crippen LogP contribution in [0.5, 0.6) is 0 Å². The molecular weight excluding hydrogens is 222 g/mol. The van der Waals surface area contributed by atoms with E-state index in [2.05, 4.69) is 16.7 Å². The summed E-state index contributed by atoms with van der Waals surface area (Å²) in [5.41, 5.74) is 1.48. The smallest absolute Gasteiger partial charge is 0.101 e. The highest BCUT2D eigenvalue weighted by atomic mass is 35.5. The zero-order valence-corrected chi connectivity index (χ0v) is 9.72. The minimum atomic E-state index is 0.405. The number of benzene rings is 1. The van der Waals surface area contributed by atoms with Crippen molar-refractivity contribution in [3.63, 3.8) is 0 Å². The largest absolute Gasteiger partial charge is 0.380 e. The molecule has 0 amide bonds. The Morgan fingerprint density at radius 1 is 1.50 bits per heavy atom. The predicted molar refractivity (Wildman–Crippen MR) is 65.7 cm³/mol. The Morgan fingerprint density at radius 3 is 3.06 bits per heavy atom. The predicted octanol–water partition coefficient (Wildman–Crippen LogP) is 2.38. The molecule has 0 saturated carbocycles. The summed E-state index contributed by atoms with van der Waals surface area (Å²) in [7, 11) is 0. The van der Waals surface area contributed by atoms with E-state index in [1.165, 1.54) is 6.42 Å². The summed E-state index contributed by atoms with van der Waals surface area (Å²) >= 11 is 5.85. The third kappa shape index (κ3) is 2.66. The maximum absolute atomic E-state index is 9.01. The molecule has 2 N–H and O–H groups in total. The van der Waals surface area contributed by atoms with Crippen molar-refractivity contribution in [1.29, 1.82) is 5.26 Å². The molecular formula is C12H14ClN3. The fourth-order valence-corrected chi connectivity index (χ4v) is 2.10. The lowest BCUT2D eigenvalue weighted by Gasteiger charge is -2.25. The number of anilines is 1. The van der Waals surface area contributed by atoms with Crippen molar-refractivity contribution in [2.75, 3.05) is 18.4 Å². The highest BCUT2D eigenvalue weighted by Crippen LogP contribution is 2.21. The first kappa shape index (κ1) is 11.3. The Balaban J connectivity index is 2.11. The Morgan fingerprint density at radius 2 is 2.38 bits per heavy atom. The van der Waals surface area contributed by atoms with Gasteiger partial charge in [-0.2, -0.15) is 5.26 Å². The maximum Gasteiger partial charge on any atom is 0.101 e. The average molecular weight is 236 g/mol. The van der Waals surface area contributed by atoms with Crippen LogP contribution >= 0.6 is 11.6 Å². The number of nitrogens with zero attached hydrogens (tertiary/aromatic N) is 1. The molecule has 1 heterocycles. The van der Waals surface area contributed by atoms with Gasteiger partial charge in [0.05, 0.1) is 11.3 Å². The van der Waals surface area contributed by atoms with Crippen molar-refractivity contribution in [2.24, 2.45) is 0 Å². The number of hydrogen-bond donors (Lipinski definition) is 2. The van der Waals surface area contributed by atoms with Crippen molar-refractivity contribution < 1.29 is 0 Å². The summed E-state index contributed by atoms with van der Waals surface area (Å²) in [6.07, 6.45) is 2.31. The van der Waals surface area contributed by atoms with Gasteiger partial charge in [-0.25, -0.2) is 0 Å². The summed E-state index contributed by atoms with van der Waals surface area (Å²) in [6, 6.07) is 7.93. The van der Waals surface area contributed by atoms with Gasteiger partial charge in [0, 0.05) is 17.6 Å². The van der Waals surface area contributed by atoms with E-state index in [0.717, 1.165) is 25.2 Å². The van der Waals surface area contributed by atoms with Crippen molar-refractivity contribution in [1.82, 2.24) is 5.32 Å². The van der Waals surface area contributed by atoms with E-state index in [1.807, 2.05) is 6.07 Å². The molecule has 0 aromatic heterocycles. The highest BCUT2D eigenvalue weighted by Gasteiger charge is 2.13. The van der Waals surface area contributed by atoms with Gasteiger partial charge in [-0.3, -0.25) is 0 Å². The monoisotopic (exact) mass is 235 g/mol. The van der Waals surface area contributed by atoms with Gasteiger partial charge in [0.25, 0.3) is 0 Å². The first-order valence-corrected chi connectivity index (χ1v) is 5.84. The second kappa shape index (κ2) is 5.20. The fourth-order valence-electron chi connectivity index (χ4n) is 1.93. The van der Waals surface area contributed by atoms with Crippen LogP contribution in [-0.2, 0) is 0 Å². The van der Waals surface area contributed by atoms with Crippen molar-refractivity contribution in [3.05, 3.63) is 28.8 Å². The minimum absolute atomic E-state index is 0.405. The lowest BCUT2D eigenvalue weighted by molar-refractivity contribution is 0.480. The molecule has 1 aliphatic heterocycles. The van der Waals surface area contributed by atoms with Crippen molar-refractivity contribution in [3.8, 4) is 6.07 Å². The van der Waals surface area contributed by atoms with Crippen LogP contribution in [-0.4, -0.2) is 19.1 Å². The van der Waals surface area contributed by atoms with Gasteiger partial charge in [-0.15, -0.1) is 0 Å². The Hall–Kier alpha value is -1.24. The van der Waals surface area contributed by atoms with E-state index in [0.29, 0.717) is 16.6 Å². The third-order valence-electron chi connectivity index (χ3n) is 2.76. The first-order valence-electron chi connectivity index (χ1n) is 5.46. The molecule has 1 fully saturated rings. The van der Waals surface area contributed by atoms with Gasteiger partial charge in [-0.1, -0.05) is 11.6 Å². The molecule has 1 aliphatic rings. The SMILES string of the molecule is N#Cc1cc(Cl)ccc1NC1CCCNC1. The third-order valence-corrected chi connectivity index (χ3v) is 2.99. The Bertz CT molecular complexity index is 405. The molecule has 4 heteroatoms. The van der Waals surface area contributed by atoms with Crippen LogP contribution in [0.3, 0.4) is 0 Å². The second-order valence-corrected chi connectivity index (χ2v) is 4.43. The van der Waals surface area contributed by atoms with Crippen LogP contribution in [0.25, 0.3) is 0 Å². The molecule has 3 nitrogen and oxygen atoms in total. The van der Waals surface area contributed by atoms with Crippen LogP contribution in [0.4, 0.5) is 5.69 Å². The molecule has 0 aliphatic carbocycles. The molecule has 1 unspecified atom stereocenters. The molecule has 2 rings (SSSR count). The van der Waals surface area contributed by atoms with Crippen LogP contribution in [0.2, 0.25) is 5.02 Å². The number of hydrogen-bond acceptors (Lipinski definition) is 3. The zero-order valence-electron chi connectivity index (χ0n) is 8.96. The molecule has 1 saturated heterocycles. The molecule has 0 bridgehead atoms. The van der Waals surface area contributed by atoms with Crippen LogP contribution in [0.15, 0.2) is 18.2 Å². The maximum atomic E-state index is 9.01. The summed E-state index contributed by atoms with van der Waals surface area (Å²) < 4.78 is 0. The minimum Gasteiger partial charge on any atom is -0.380 e. The molecule has 1 aromatic carbocycles. The lowest BCUT2D eigenvalue weighted by Crippen LogP contribution is -2.38. The van der Waals surface area contributed by atoms with Crippen LogP contribution in [0, 0.1) is 11.3 Å². The first-order chi connectivity index (χ1) is 7.79. The van der Waals surface area contributed by atoms with E-state index < -0.39 is 0 Å². The van der Waals surface area contributed by atoms with Gasteiger partial charge >= 0.3 is 0 Å². The number of rotatable bonds is 2. The quantitative estimate of drug-likeness (QED) is 0.828. The number of piperidine rings is 1. The summed E-state index contributed by atoms with van der Waals surface area (Å²) in [5.74, 6) is 0. The summed E-state index contributed by atoms with van der Waals surface area (Å²) in [4.78, 5) is 0. The van der Waals surface area contributed by atoms with E-state index in [9.17, 15) is 0 Å². The molecule has 0 spiro atoms. The van der Waals surface area contributed by atoms with Gasteiger partial charge in [-0.05, 0) is 37.6 Å². The molecule has 0 radical (unpaired) electrons. The van der Waals surface area contributed by atoms with Crippen LogP contribution < -0.4 is 10.6 Å². The molecule has 16 heavy (non-hydrogen) atoms. The summed E-state index contributed by atoms with van der Waals surface area (Å²) in [5, 5.41) is 16.3. The second-order valence-electron chi connectivity index (χ2n) is 3.99. The van der Waals surface area contributed by atoms with E-state index >= 15 is 0 Å². The molecule has 1 atom stereocenters. The van der Waals surface area contributed by atoms with E-state index in [4.69, 9.17) is 16.9 Å². The Kier molecular flexibility index (Phi) is 3.66. The zero-order chi connectivity index (χ0) is 11.4. The highest BCUT2D eigenvalue weighted by molar-refractivity contribution is 6.30. The van der Waals surface area contributed by atoms with Gasteiger partial charge in [0.1, 0.15) is 6.07 Å². The normalized spacial score (nSPS) is 20.1. The standard InChI is InChI=1S/C12H14ClN3/c13-10-3-4-12(9(6-10)7-14)16-11-2-1-5-15-8-11/h3-4,6,11,15-16H,1-2,5,8H2. The van der Waals surface area contributed by atoms with Crippen LogP contribution in [0.1, 0.15) is 18.4 Å². The van der Waals surface area contributed by atoms with E-state index in [1.54, 1.807) is 12.1 Å². The van der Waals surface area contributed by atoms with E-state index in [-0.39, 0.29) is 0 Å². The lowest BCUT2D eigenvalue weighted by atomic mass is 10.1. The molecule has 84 valence electrons. The van der Waals surface area contributed by atoms with Crippen molar-refractivity contribution >= 4 is 17.3 Å². The molecule has 1 aromatic rings. The summed E-state index contributed by atoms with van der Waals surface area (Å²) in [6.45, 7) is 2.04. The number of nitriles is 1. The average Bonchev–Trinajstić information content (AvgIpc) is 2.33. The van der Waals surface area contributed by atoms with Gasteiger partial charge in [0.15, 0.2) is 0 Å². The Labute approximate surface area is 100 Å². The fraction of sp³-hybridized carbons (Fsp3) is 0.417. The van der Waals surface area contributed by atoms with Gasteiger partial charge in [0.2, 0.25) is 0 Å².